The maximum Gasteiger partial charge on any atom is 0.343 e. The highest BCUT2D eigenvalue weighted by Gasteiger charge is 2.36. The van der Waals surface area contributed by atoms with Crippen molar-refractivity contribution in [2.45, 2.75) is 12.3 Å². The van der Waals surface area contributed by atoms with Crippen LogP contribution < -0.4 is 10.4 Å². The van der Waals surface area contributed by atoms with Crippen molar-refractivity contribution in [2.75, 3.05) is 0 Å². The zero-order chi connectivity index (χ0) is 17.6. The van der Waals surface area contributed by atoms with Gasteiger partial charge in [-0.2, -0.15) is 0 Å². The van der Waals surface area contributed by atoms with Gasteiger partial charge in [0.1, 0.15) is 5.58 Å². The van der Waals surface area contributed by atoms with Crippen molar-refractivity contribution < 1.29 is 18.9 Å². The molecule has 1 aliphatic heterocycles. The Bertz CT molecular complexity index is 1080. The summed E-state index contributed by atoms with van der Waals surface area (Å²) in [5, 5.41) is 11.8. The van der Waals surface area contributed by atoms with Crippen LogP contribution in [0.3, 0.4) is 0 Å². The Morgan fingerprint density at radius 1 is 1.04 bits per heavy atom. The molecule has 7 nitrogen and oxygen atoms in total. The Labute approximate surface area is 140 Å². The molecular formula is C18H11NO6. The molecule has 1 aliphatic rings. The summed E-state index contributed by atoms with van der Waals surface area (Å²) < 4.78 is 10.6. The molecule has 1 aromatic heterocycles. The molecule has 2 aromatic carbocycles. The zero-order valence-electron chi connectivity index (χ0n) is 12.8. The molecule has 0 saturated heterocycles. The number of nitro benzene ring substituents is 1. The number of rotatable bonds is 2. The normalized spacial score (nSPS) is 16.3. The summed E-state index contributed by atoms with van der Waals surface area (Å²) in [4.78, 5) is 35.5. The third-order valence-corrected chi connectivity index (χ3v) is 4.24. The van der Waals surface area contributed by atoms with Gasteiger partial charge in [-0.1, -0.05) is 30.3 Å². The number of hydrogen-bond acceptors (Lipinski definition) is 6. The van der Waals surface area contributed by atoms with E-state index in [1.807, 2.05) is 0 Å². The van der Waals surface area contributed by atoms with Gasteiger partial charge in [0.25, 0.3) is 5.69 Å². The predicted octanol–water partition coefficient (Wildman–Crippen LogP) is 3.14. The van der Waals surface area contributed by atoms with Gasteiger partial charge in [-0.05, 0) is 12.1 Å². The van der Waals surface area contributed by atoms with Crippen molar-refractivity contribution in [1.29, 1.82) is 0 Å². The number of para-hydroxylation sites is 2. The van der Waals surface area contributed by atoms with Gasteiger partial charge in [-0.3, -0.25) is 14.9 Å². The molecule has 0 fully saturated rings. The third kappa shape index (κ3) is 2.37. The molecule has 3 aromatic rings. The van der Waals surface area contributed by atoms with E-state index in [1.165, 1.54) is 12.1 Å². The van der Waals surface area contributed by atoms with Gasteiger partial charge in [0.05, 0.1) is 22.3 Å². The summed E-state index contributed by atoms with van der Waals surface area (Å²) in [6, 6.07) is 12.7. The van der Waals surface area contributed by atoms with Crippen LogP contribution in [0.1, 0.15) is 23.5 Å². The van der Waals surface area contributed by atoms with E-state index in [9.17, 15) is 19.7 Å². The monoisotopic (exact) mass is 337 g/mol. The van der Waals surface area contributed by atoms with Crippen molar-refractivity contribution in [3.05, 3.63) is 80.2 Å². The van der Waals surface area contributed by atoms with Crippen LogP contribution in [0.2, 0.25) is 0 Å². The molecule has 1 atom stereocenters. The second-order valence-corrected chi connectivity index (χ2v) is 5.68. The Kier molecular flexibility index (Phi) is 3.35. The number of benzene rings is 2. The minimum Gasteiger partial charge on any atom is -0.425 e. The van der Waals surface area contributed by atoms with E-state index >= 15 is 0 Å². The molecule has 2 heterocycles. The van der Waals surface area contributed by atoms with Crippen LogP contribution >= 0.6 is 0 Å². The molecule has 0 saturated carbocycles. The van der Waals surface area contributed by atoms with Crippen LogP contribution in [-0.4, -0.2) is 10.9 Å². The summed E-state index contributed by atoms with van der Waals surface area (Å²) in [6.07, 6.45) is -0.166. The lowest BCUT2D eigenvalue weighted by molar-refractivity contribution is -0.385. The van der Waals surface area contributed by atoms with E-state index in [-0.39, 0.29) is 29.0 Å². The molecule has 0 unspecified atom stereocenters. The van der Waals surface area contributed by atoms with Gasteiger partial charge in [-0.15, -0.1) is 0 Å². The highest BCUT2D eigenvalue weighted by atomic mass is 16.6. The number of esters is 1. The summed E-state index contributed by atoms with van der Waals surface area (Å²) >= 11 is 0. The molecule has 124 valence electrons. The lowest BCUT2D eigenvalue weighted by atomic mass is 9.86. The average Bonchev–Trinajstić information content (AvgIpc) is 2.61. The van der Waals surface area contributed by atoms with Crippen molar-refractivity contribution in [3.8, 4) is 5.75 Å². The number of fused-ring (bicyclic) bond motifs is 3. The van der Waals surface area contributed by atoms with Gasteiger partial charge in [-0.25, -0.2) is 4.79 Å². The zero-order valence-corrected chi connectivity index (χ0v) is 12.8. The summed E-state index contributed by atoms with van der Waals surface area (Å²) in [7, 11) is 0. The van der Waals surface area contributed by atoms with E-state index < -0.39 is 22.4 Å². The molecule has 0 spiro atoms. The number of ether oxygens (including phenoxy) is 1. The van der Waals surface area contributed by atoms with Crippen molar-refractivity contribution in [2.24, 2.45) is 0 Å². The van der Waals surface area contributed by atoms with E-state index in [0.717, 1.165) is 0 Å². The minimum atomic E-state index is -0.793. The second kappa shape index (κ2) is 5.55. The molecule has 25 heavy (non-hydrogen) atoms. The van der Waals surface area contributed by atoms with E-state index in [0.29, 0.717) is 11.0 Å². The number of hydrogen-bond donors (Lipinski definition) is 0. The minimum absolute atomic E-state index is 0.117. The lowest BCUT2D eigenvalue weighted by Crippen LogP contribution is -2.27. The Balaban J connectivity index is 2.04. The Morgan fingerprint density at radius 3 is 2.56 bits per heavy atom. The highest BCUT2D eigenvalue weighted by molar-refractivity contribution is 5.90. The highest BCUT2D eigenvalue weighted by Crippen LogP contribution is 2.42. The van der Waals surface area contributed by atoms with Gasteiger partial charge in [0.15, 0.2) is 5.75 Å². The molecule has 7 heteroatoms. The van der Waals surface area contributed by atoms with E-state index in [2.05, 4.69) is 0 Å². The third-order valence-electron chi connectivity index (χ3n) is 4.24. The fourth-order valence-corrected chi connectivity index (χ4v) is 3.18. The fourth-order valence-electron chi connectivity index (χ4n) is 3.18. The maximum absolute atomic E-state index is 12.5. The first kappa shape index (κ1) is 15.1. The van der Waals surface area contributed by atoms with E-state index in [1.54, 1.807) is 36.4 Å². The topological polar surface area (TPSA) is 99.6 Å². The van der Waals surface area contributed by atoms with Gasteiger partial charge in [0.2, 0.25) is 0 Å². The first-order valence-electron chi connectivity index (χ1n) is 7.56. The van der Waals surface area contributed by atoms with Gasteiger partial charge < -0.3 is 9.15 Å². The number of carbonyl (C=O) groups excluding carboxylic acids is 1. The van der Waals surface area contributed by atoms with Crippen LogP contribution in [0, 0.1) is 10.1 Å². The number of nitrogens with zero attached hydrogens (tertiary/aromatic N) is 1. The molecular weight excluding hydrogens is 326 g/mol. The summed E-state index contributed by atoms with van der Waals surface area (Å²) in [6.45, 7) is 0. The van der Waals surface area contributed by atoms with Crippen LogP contribution in [0.15, 0.2) is 57.7 Å². The molecule has 0 radical (unpaired) electrons. The molecule has 4 rings (SSSR count). The molecule has 0 aliphatic carbocycles. The Morgan fingerprint density at radius 2 is 1.76 bits per heavy atom. The largest absolute Gasteiger partial charge is 0.425 e. The van der Waals surface area contributed by atoms with Crippen LogP contribution in [0.25, 0.3) is 11.0 Å². The van der Waals surface area contributed by atoms with Crippen molar-refractivity contribution >= 4 is 22.6 Å². The maximum atomic E-state index is 12.5. The fraction of sp³-hybridized carbons (Fsp3) is 0.111. The van der Waals surface area contributed by atoms with Crippen LogP contribution in [0.4, 0.5) is 5.69 Å². The van der Waals surface area contributed by atoms with E-state index in [4.69, 9.17) is 9.15 Å². The number of carbonyl (C=O) groups is 1. The van der Waals surface area contributed by atoms with Gasteiger partial charge in [0, 0.05) is 17.5 Å². The van der Waals surface area contributed by atoms with Crippen LogP contribution in [-0.2, 0) is 4.79 Å². The first-order valence-corrected chi connectivity index (χ1v) is 7.56. The number of nitro groups is 1. The smallest absolute Gasteiger partial charge is 0.343 e. The lowest BCUT2D eigenvalue weighted by Gasteiger charge is -2.24. The standard InChI is InChI=1S/C18H11NO6/c20-15-9-12(10-5-1-3-7-13(10)19(22)23)16-17(25-15)11-6-2-4-8-14(11)24-18(16)21/h1-8,12H,9H2/t12-/m0/s1. The molecule has 0 amide bonds. The van der Waals surface area contributed by atoms with Crippen molar-refractivity contribution in [1.82, 2.24) is 0 Å². The average molecular weight is 337 g/mol. The molecule has 0 N–H and O–H groups in total. The predicted molar refractivity (Wildman–Crippen MR) is 87.7 cm³/mol. The SMILES string of the molecule is O=C1C[C@@H](c2ccccc2[N+](=O)[O-])c2c(c3ccccc3oc2=O)O1. The van der Waals surface area contributed by atoms with Gasteiger partial charge >= 0.3 is 11.6 Å². The Hall–Kier alpha value is -3.48. The van der Waals surface area contributed by atoms with Crippen molar-refractivity contribution in [3.63, 3.8) is 0 Å². The first-order chi connectivity index (χ1) is 12.1. The molecule has 0 bridgehead atoms. The summed E-state index contributed by atoms with van der Waals surface area (Å²) in [5.74, 6) is -1.23. The van der Waals surface area contributed by atoms with Crippen LogP contribution in [0.5, 0.6) is 5.75 Å². The summed E-state index contributed by atoms with van der Waals surface area (Å²) in [5.41, 5.74) is -0.104. The quantitative estimate of drug-likeness (QED) is 0.308. The second-order valence-electron chi connectivity index (χ2n) is 5.68.